The molecule has 6 nitrogen and oxygen atoms in total. The maximum absolute atomic E-state index is 13.1. The van der Waals surface area contributed by atoms with Crippen LogP contribution in [0.2, 0.25) is 5.02 Å². The van der Waals surface area contributed by atoms with Gasteiger partial charge in [-0.3, -0.25) is 15.0 Å². The van der Waals surface area contributed by atoms with E-state index in [0.29, 0.717) is 29.2 Å². The number of imidazole rings is 1. The molecular formula is C28H26BrClN4O2. The van der Waals surface area contributed by atoms with E-state index in [9.17, 15) is 9.59 Å². The zero-order valence-corrected chi connectivity index (χ0v) is 22.0. The first-order valence-corrected chi connectivity index (χ1v) is 13.1. The maximum atomic E-state index is 13.1. The minimum atomic E-state index is -0.0719. The van der Waals surface area contributed by atoms with Gasteiger partial charge in [-0.2, -0.15) is 0 Å². The van der Waals surface area contributed by atoms with Crippen LogP contribution in [0.5, 0.6) is 0 Å². The highest BCUT2D eigenvalue weighted by atomic mass is 79.9. The second-order valence-electron chi connectivity index (χ2n) is 9.18. The number of halogens is 2. The Morgan fingerprint density at radius 3 is 2.44 bits per heavy atom. The van der Waals surface area contributed by atoms with E-state index < -0.39 is 0 Å². The van der Waals surface area contributed by atoms with Crippen LogP contribution in [0.15, 0.2) is 77.3 Å². The van der Waals surface area contributed by atoms with Crippen molar-refractivity contribution in [1.29, 1.82) is 5.41 Å². The number of piperidine rings is 1. The molecule has 1 aromatic heterocycles. The number of rotatable bonds is 6. The molecule has 0 radical (unpaired) electrons. The lowest BCUT2D eigenvalue weighted by Gasteiger charge is -2.33. The fourth-order valence-corrected chi connectivity index (χ4v) is 5.52. The zero-order chi connectivity index (χ0) is 25.2. The Morgan fingerprint density at radius 2 is 1.69 bits per heavy atom. The van der Waals surface area contributed by atoms with Gasteiger partial charge in [0.2, 0.25) is 5.62 Å². The van der Waals surface area contributed by atoms with Gasteiger partial charge >= 0.3 is 0 Å². The summed E-state index contributed by atoms with van der Waals surface area (Å²) in [6.45, 7) is 1.95. The van der Waals surface area contributed by atoms with E-state index in [1.807, 2.05) is 70.1 Å². The summed E-state index contributed by atoms with van der Waals surface area (Å²) >= 11 is 10.0. The van der Waals surface area contributed by atoms with E-state index in [1.54, 1.807) is 16.7 Å². The van der Waals surface area contributed by atoms with Crippen molar-refractivity contribution in [3.63, 3.8) is 0 Å². The summed E-state index contributed by atoms with van der Waals surface area (Å²) < 4.78 is 4.53. The van der Waals surface area contributed by atoms with Crippen molar-refractivity contribution in [1.82, 2.24) is 14.0 Å². The molecule has 2 heterocycles. The van der Waals surface area contributed by atoms with Gasteiger partial charge in [-0.25, -0.2) is 0 Å². The van der Waals surface area contributed by atoms with Gasteiger partial charge in [0.25, 0.3) is 5.91 Å². The summed E-state index contributed by atoms with van der Waals surface area (Å²) in [4.78, 5) is 28.0. The molecule has 0 saturated carbocycles. The average Bonchev–Trinajstić information content (AvgIpc) is 3.16. The summed E-state index contributed by atoms with van der Waals surface area (Å²) in [5, 5.41) is 9.52. The number of aromatic nitrogens is 2. The van der Waals surface area contributed by atoms with Gasteiger partial charge in [0, 0.05) is 35.2 Å². The molecule has 5 rings (SSSR count). The number of nitrogens with one attached hydrogen (secondary N) is 1. The number of likely N-dealkylation sites (tertiary alicyclic amines) is 1. The third kappa shape index (κ3) is 4.90. The fraction of sp³-hybridized carbons (Fsp3) is 0.250. The Hall–Kier alpha value is -3.16. The second kappa shape index (κ2) is 10.4. The molecule has 184 valence electrons. The summed E-state index contributed by atoms with van der Waals surface area (Å²) in [5.74, 6) is 0.146. The third-order valence-electron chi connectivity index (χ3n) is 6.77. The number of hydrogen-bond acceptors (Lipinski definition) is 3. The van der Waals surface area contributed by atoms with Gasteiger partial charge in [-0.05, 0) is 55.2 Å². The molecule has 1 atom stereocenters. The van der Waals surface area contributed by atoms with Crippen LogP contribution in [-0.4, -0.2) is 38.8 Å². The molecule has 1 aliphatic rings. The number of carbonyl (C=O) groups is 2. The molecule has 8 heteroatoms. The Labute approximate surface area is 222 Å². The van der Waals surface area contributed by atoms with Gasteiger partial charge < -0.3 is 14.0 Å². The lowest BCUT2D eigenvalue weighted by molar-refractivity contribution is 0.0661. The van der Waals surface area contributed by atoms with Gasteiger partial charge in [0.1, 0.15) is 0 Å². The highest BCUT2D eigenvalue weighted by Gasteiger charge is 2.26. The highest BCUT2D eigenvalue weighted by molar-refractivity contribution is 9.10. The molecule has 1 N–H and O–H groups in total. The van der Waals surface area contributed by atoms with Gasteiger partial charge in [0.05, 0.1) is 22.6 Å². The Kier molecular flexibility index (Phi) is 7.12. The van der Waals surface area contributed by atoms with Crippen LogP contribution >= 0.6 is 27.5 Å². The van der Waals surface area contributed by atoms with Gasteiger partial charge in [-0.15, -0.1) is 0 Å². The predicted octanol–water partition coefficient (Wildman–Crippen LogP) is 5.77. The lowest BCUT2D eigenvalue weighted by atomic mass is 9.97. The summed E-state index contributed by atoms with van der Waals surface area (Å²) in [5.41, 5.74) is 3.02. The van der Waals surface area contributed by atoms with Crippen molar-refractivity contribution in [3.8, 4) is 0 Å². The van der Waals surface area contributed by atoms with Crippen LogP contribution in [0, 0.1) is 11.3 Å². The second-order valence-corrected chi connectivity index (χ2v) is 10.5. The van der Waals surface area contributed by atoms with E-state index in [4.69, 9.17) is 17.0 Å². The van der Waals surface area contributed by atoms with E-state index in [2.05, 4.69) is 15.9 Å². The first kappa shape index (κ1) is 24.5. The SMILES string of the molecule is N=c1n(CC(=O)c2ccc(Br)cc2)c2cccc(Cl)c2n1CC1CCCN(C(=O)c2ccccc2)C1. The number of hydrogen-bond donors (Lipinski definition) is 1. The summed E-state index contributed by atoms with van der Waals surface area (Å²) in [6, 6.07) is 22.1. The predicted molar refractivity (Wildman–Crippen MR) is 144 cm³/mol. The van der Waals surface area contributed by atoms with Crippen LogP contribution in [0.25, 0.3) is 11.0 Å². The number of carbonyl (C=O) groups excluding carboxylic acids is 2. The van der Waals surface area contributed by atoms with E-state index in [1.165, 1.54) is 0 Å². The molecule has 0 bridgehead atoms. The smallest absolute Gasteiger partial charge is 0.253 e. The molecule has 1 amide bonds. The van der Waals surface area contributed by atoms with Crippen LogP contribution in [0.3, 0.4) is 0 Å². The van der Waals surface area contributed by atoms with Crippen LogP contribution in [0.4, 0.5) is 0 Å². The average molecular weight is 566 g/mol. The summed E-state index contributed by atoms with van der Waals surface area (Å²) in [7, 11) is 0. The molecule has 1 aliphatic heterocycles. The molecule has 3 aromatic carbocycles. The number of nitrogens with zero attached hydrogens (tertiary/aromatic N) is 3. The fourth-order valence-electron chi connectivity index (χ4n) is 4.98. The largest absolute Gasteiger partial charge is 0.338 e. The Morgan fingerprint density at radius 1 is 0.944 bits per heavy atom. The zero-order valence-electron chi connectivity index (χ0n) is 19.7. The maximum Gasteiger partial charge on any atom is 0.253 e. The number of ketones is 1. The van der Waals surface area contributed by atoms with Crippen molar-refractivity contribution in [2.45, 2.75) is 25.9 Å². The number of fused-ring (bicyclic) bond motifs is 1. The van der Waals surface area contributed by atoms with Crippen molar-refractivity contribution >= 4 is 50.3 Å². The van der Waals surface area contributed by atoms with E-state index >= 15 is 0 Å². The molecule has 4 aromatic rings. The monoisotopic (exact) mass is 564 g/mol. The molecule has 0 aliphatic carbocycles. The van der Waals surface area contributed by atoms with Crippen molar-refractivity contribution in [2.75, 3.05) is 13.1 Å². The third-order valence-corrected chi connectivity index (χ3v) is 7.61. The lowest BCUT2D eigenvalue weighted by Crippen LogP contribution is -2.42. The van der Waals surface area contributed by atoms with Crippen molar-refractivity contribution in [3.05, 3.63) is 99.0 Å². The van der Waals surface area contributed by atoms with Crippen LogP contribution in [-0.2, 0) is 13.1 Å². The first-order valence-electron chi connectivity index (χ1n) is 12.0. The van der Waals surface area contributed by atoms with Crippen LogP contribution < -0.4 is 5.62 Å². The van der Waals surface area contributed by atoms with Crippen molar-refractivity contribution < 1.29 is 9.59 Å². The number of benzene rings is 3. The normalized spacial score (nSPS) is 15.8. The minimum absolute atomic E-state index is 0.0388. The number of para-hydroxylation sites is 1. The molecular weight excluding hydrogens is 540 g/mol. The molecule has 36 heavy (non-hydrogen) atoms. The van der Waals surface area contributed by atoms with Crippen LogP contribution in [0.1, 0.15) is 33.6 Å². The standard InChI is InChI=1S/C28H26BrClN4O2/c29-22-13-11-20(12-14-22)25(35)18-33-24-10-4-9-23(30)26(24)34(28(33)31)17-19-6-5-15-32(16-19)27(36)21-7-2-1-3-8-21/h1-4,7-14,19,31H,5-6,15-18H2. The minimum Gasteiger partial charge on any atom is -0.338 e. The van der Waals surface area contributed by atoms with Gasteiger partial charge in [0.15, 0.2) is 5.78 Å². The number of Topliss-reactive ketones (excluding diaryl/α,β-unsaturated/α-hetero) is 1. The van der Waals surface area contributed by atoms with Crippen molar-refractivity contribution in [2.24, 2.45) is 5.92 Å². The molecule has 1 fully saturated rings. The van der Waals surface area contributed by atoms with E-state index in [0.717, 1.165) is 34.9 Å². The highest BCUT2D eigenvalue weighted by Crippen LogP contribution is 2.26. The number of amides is 1. The first-order chi connectivity index (χ1) is 17.4. The molecule has 1 saturated heterocycles. The summed E-state index contributed by atoms with van der Waals surface area (Å²) in [6.07, 6.45) is 1.87. The van der Waals surface area contributed by atoms with Gasteiger partial charge in [-0.1, -0.05) is 63.9 Å². The Bertz CT molecular complexity index is 1480. The van der Waals surface area contributed by atoms with E-state index in [-0.39, 0.29) is 29.8 Å². The molecule has 1 unspecified atom stereocenters. The molecule has 0 spiro atoms. The quantitative estimate of drug-likeness (QED) is 0.301. The Balaban J connectivity index is 1.43. The topological polar surface area (TPSA) is 71.1 Å².